The molecule has 0 radical (unpaired) electrons. The molecule has 3 heteroatoms. The van der Waals surface area contributed by atoms with Gasteiger partial charge in [-0.05, 0) is 30.9 Å². The molecule has 17 heavy (non-hydrogen) atoms. The maximum Gasteiger partial charge on any atom is 0.237 e. The molecule has 2 N–H and O–H groups in total. The number of nitrogens with one attached hydrogen (secondary N) is 2. The van der Waals surface area contributed by atoms with Gasteiger partial charge < -0.3 is 10.6 Å². The Labute approximate surface area is 103 Å². The van der Waals surface area contributed by atoms with E-state index in [0.717, 1.165) is 19.4 Å². The van der Waals surface area contributed by atoms with E-state index in [1.165, 1.54) is 5.56 Å². The number of carbonyl (C=O) groups is 1. The van der Waals surface area contributed by atoms with Gasteiger partial charge in [0.2, 0.25) is 5.91 Å². The van der Waals surface area contributed by atoms with Crippen molar-refractivity contribution in [1.29, 1.82) is 0 Å². The van der Waals surface area contributed by atoms with Crippen molar-refractivity contribution < 1.29 is 4.79 Å². The van der Waals surface area contributed by atoms with Crippen molar-refractivity contribution >= 4 is 5.91 Å². The molecular formula is C14H20N2O. The molecule has 0 aromatic heterocycles. The summed E-state index contributed by atoms with van der Waals surface area (Å²) in [5.74, 6) is 0.506. The molecule has 2 rings (SSSR count). The van der Waals surface area contributed by atoms with Crippen LogP contribution in [0, 0.1) is 0 Å². The maximum atomic E-state index is 11.8. The van der Waals surface area contributed by atoms with Gasteiger partial charge in [-0.25, -0.2) is 0 Å². The van der Waals surface area contributed by atoms with Crippen LogP contribution in [-0.4, -0.2) is 25.0 Å². The SMILES string of the molecule is CC(CNC(=O)[C@@H]1CCCN1)c1ccccc1. The Hall–Kier alpha value is -1.35. The van der Waals surface area contributed by atoms with Gasteiger partial charge in [-0.2, -0.15) is 0 Å². The highest BCUT2D eigenvalue weighted by Gasteiger charge is 2.21. The fourth-order valence-electron chi connectivity index (χ4n) is 2.18. The Balaban J connectivity index is 1.80. The molecule has 1 aliphatic rings. The molecule has 1 heterocycles. The molecule has 1 fully saturated rings. The Bertz CT molecular complexity index is 358. The normalized spacial score (nSPS) is 21.1. The molecule has 1 unspecified atom stereocenters. The van der Waals surface area contributed by atoms with Gasteiger partial charge in [0.25, 0.3) is 0 Å². The first-order valence-electron chi connectivity index (χ1n) is 6.33. The third-order valence-electron chi connectivity index (χ3n) is 3.33. The van der Waals surface area contributed by atoms with E-state index in [-0.39, 0.29) is 11.9 Å². The first kappa shape index (κ1) is 12.1. The molecule has 0 saturated carbocycles. The van der Waals surface area contributed by atoms with Crippen LogP contribution in [0.15, 0.2) is 30.3 Å². The van der Waals surface area contributed by atoms with Crippen molar-refractivity contribution in [2.45, 2.75) is 31.7 Å². The lowest BCUT2D eigenvalue weighted by molar-refractivity contribution is -0.122. The summed E-state index contributed by atoms with van der Waals surface area (Å²) in [6.45, 7) is 3.81. The van der Waals surface area contributed by atoms with Crippen LogP contribution in [0.2, 0.25) is 0 Å². The fraction of sp³-hybridized carbons (Fsp3) is 0.500. The molecule has 0 aliphatic carbocycles. The van der Waals surface area contributed by atoms with Crippen LogP contribution in [-0.2, 0) is 4.79 Å². The lowest BCUT2D eigenvalue weighted by Gasteiger charge is -2.15. The van der Waals surface area contributed by atoms with E-state index in [1.54, 1.807) is 0 Å². The molecule has 1 aliphatic heterocycles. The van der Waals surface area contributed by atoms with Gasteiger partial charge in [0, 0.05) is 6.54 Å². The molecule has 1 saturated heterocycles. The molecule has 1 amide bonds. The highest BCUT2D eigenvalue weighted by atomic mass is 16.2. The van der Waals surface area contributed by atoms with Crippen LogP contribution >= 0.6 is 0 Å². The van der Waals surface area contributed by atoms with Crippen LogP contribution < -0.4 is 10.6 Å². The zero-order chi connectivity index (χ0) is 12.1. The summed E-state index contributed by atoms with van der Waals surface area (Å²) in [5.41, 5.74) is 1.27. The summed E-state index contributed by atoms with van der Waals surface area (Å²) < 4.78 is 0. The summed E-state index contributed by atoms with van der Waals surface area (Å²) in [7, 11) is 0. The van der Waals surface area contributed by atoms with Crippen molar-refractivity contribution in [1.82, 2.24) is 10.6 Å². The van der Waals surface area contributed by atoms with Crippen LogP contribution in [0.4, 0.5) is 0 Å². The summed E-state index contributed by atoms with van der Waals surface area (Å²) in [5, 5.41) is 6.23. The van der Waals surface area contributed by atoms with E-state index in [0.29, 0.717) is 12.5 Å². The largest absolute Gasteiger partial charge is 0.354 e. The minimum absolute atomic E-state index is 0.0259. The average molecular weight is 232 g/mol. The van der Waals surface area contributed by atoms with Gasteiger partial charge in [-0.1, -0.05) is 37.3 Å². The Morgan fingerprint density at radius 3 is 2.88 bits per heavy atom. The molecule has 0 bridgehead atoms. The number of amides is 1. The number of benzene rings is 1. The Morgan fingerprint density at radius 2 is 2.24 bits per heavy atom. The predicted molar refractivity (Wildman–Crippen MR) is 68.9 cm³/mol. The Morgan fingerprint density at radius 1 is 1.47 bits per heavy atom. The maximum absolute atomic E-state index is 11.8. The summed E-state index contributed by atoms with van der Waals surface area (Å²) in [4.78, 5) is 11.8. The van der Waals surface area contributed by atoms with Gasteiger partial charge in [0.05, 0.1) is 6.04 Å². The van der Waals surface area contributed by atoms with E-state index in [1.807, 2.05) is 18.2 Å². The number of hydrogen-bond acceptors (Lipinski definition) is 2. The number of carbonyl (C=O) groups excluding carboxylic acids is 1. The predicted octanol–water partition coefficient (Wildman–Crippen LogP) is 1.66. The van der Waals surface area contributed by atoms with E-state index >= 15 is 0 Å². The van der Waals surface area contributed by atoms with Crippen molar-refractivity contribution in [3.63, 3.8) is 0 Å². The fourth-order valence-corrected chi connectivity index (χ4v) is 2.18. The zero-order valence-corrected chi connectivity index (χ0v) is 10.3. The third kappa shape index (κ3) is 3.30. The lowest BCUT2D eigenvalue weighted by Crippen LogP contribution is -2.41. The smallest absolute Gasteiger partial charge is 0.237 e. The second kappa shape index (κ2) is 5.82. The molecule has 3 nitrogen and oxygen atoms in total. The van der Waals surface area contributed by atoms with Crippen LogP contribution in [0.5, 0.6) is 0 Å². The van der Waals surface area contributed by atoms with Crippen LogP contribution in [0.1, 0.15) is 31.2 Å². The van der Waals surface area contributed by atoms with Gasteiger partial charge in [-0.15, -0.1) is 0 Å². The second-order valence-electron chi connectivity index (χ2n) is 4.71. The standard InChI is InChI=1S/C14H20N2O/c1-11(12-6-3-2-4-7-12)10-16-14(17)13-8-5-9-15-13/h2-4,6-7,11,13,15H,5,8-10H2,1H3,(H,16,17)/t11?,13-/m0/s1. The van der Waals surface area contributed by atoms with Crippen LogP contribution in [0.25, 0.3) is 0 Å². The van der Waals surface area contributed by atoms with Gasteiger partial charge in [0.15, 0.2) is 0 Å². The molecule has 1 aromatic carbocycles. The van der Waals surface area contributed by atoms with Gasteiger partial charge in [-0.3, -0.25) is 4.79 Å². The van der Waals surface area contributed by atoms with Gasteiger partial charge in [0.1, 0.15) is 0 Å². The third-order valence-corrected chi connectivity index (χ3v) is 3.33. The lowest BCUT2D eigenvalue weighted by atomic mass is 10.0. The van der Waals surface area contributed by atoms with E-state index in [4.69, 9.17) is 0 Å². The molecule has 1 aromatic rings. The summed E-state index contributed by atoms with van der Waals surface area (Å²) >= 11 is 0. The highest BCUT2D eigenvalue weighted by Crippen LogP contribution is 2.13. The summed E-state index contributed by atoms with van der Waals surface area (Å²) in [6, 6.07) is 10.3. The summed E-state index contributed by atoms with van der Waals surface area (Å²) in [6.07, 6.45) is 2.07. The van der Waals surface area contributed by atoms with E-state index in [2.05, 4.69) is 29.7 Å². The topological polar surface area (TPSA) is 41.1 Å². The highest BCUT2D eigenvalue weighted by molar-refractivity contribution is 5.82. The first-order chi connectivity index (χ1) is 8.27. The minimum Gasteiger partial charge on any atom is -0.354 e. The second-order valence-corrected chi connectivity index (χ2v) is 4.71. The van der Waals surface area contributed by atoms with Gasteiger partial charge >= 0.3 is 0 Å². The van der Waals surface area contributed by atoms with Crippen molar-refractivity contribution in [3.05, 3.63) is 35.9 Å². The minimum atomic E-state index is 0.0259. The monoisotopic (exact) mass is 232 g/mol. The quantitative estimate of drug-likeness (QED) is 0.829. The van der Waals surface area contributed by atoms with Crippen molar-refractivity contribution in [2.24, 2.45) is 0 Å². The first-order valence-corrected chi connectivity index (χ1v) is 6.33. The molecular weight excluding hydrogens is 212 g/mol. The number of rotatable bonds is 4. The zero-order valence-electron chi connectivity index (χ0n) is 10.3. The molecule has 2 atom stereocenters. The Kier molecular flexibility index (Phi) is 4.15. The molecule has 0 spiro atoms. The average Bonchev–Trinajstić information content (AvgIpc) is 2.90. The van der Waals surface area contributed by atoms with Crippen molar-refractivity contribution in [3.8, 4) is 0 Å². The van der Waals surface area contributed by atoms with E-state index in [9.17, 15) is 4.79 Å². The van der Waals surface area contributed by atoms with Crippen molar-refractivity contribution in [2.75, 3.05) is 13.1 Å². The number of hydrogen-bond donors (Lipinski definition) is 2. The molecule has 92 valence electrons. The van der Waals surface area contributed by atoms with Crippen LogP contribution in [0.3, 0.4) is 0 Å². The van der Waals surface area contributed by atoms with E-state index < -0.39 is 0 Å².